The maximum atomic E-state index is 13.6. The normalized spacial score (nSPS) is 12.5. The van der Waals surface area contributed by atoms with Crippen molar-refractivity contribution in [2.24, 2.45) is 0 Å². The second kappa shape index (κ2) is 5.14. The maximum absolute atomic E-state index is 13.6. The molecule has 2 rings (SSSR count). The van der Waals surface area contributed by atoms with Crippen LogP contribution in [0.25, 0.3) is 0 Å². The Morgan fingerprint density at radius 1 is 0.944 bits per heavy atom. The Balaban J connectivity index is 2.41. The highest BCUT2D eigenvalue weighted by molar-refractivity contribution is 9.09. The summed E-state index contributed by atoms with van der Waals surface area (Å²) in [5.41, 5.74) is 1.53. The number of hydrogen-bond acceptors (Lipinski definition) is 0. The van der Waals surface area contributed by atoms with Crippen LogP contribution in [0.4, 0.5) is 13.2 Å². The molecule has 0 saturated carbocycles. The average molecular weight is 315 g/mol. The molecule has 4 heteroatoms. The van der Waals surface area contributed by atoms with Gasteiger partial charge in [0.1, 0.15) is 17.5 Å². The van der Waals surface area contributed by atoms with Gasteiger partial charge in [-0.2, -0.15) is 0 Å². The fraction of sp³-hybridized carbons (Fsp3) is 0.143. The average Bonchev–Trinajstić information content (AvgIpc) is 2.32. The summed E-state index contributed by atoms with van der Waals surface area (Å²) in [6.45, 7) is 1.64. The minimum atomic E-state index is -0.626. The first-order chi connectivity index (χ1) is 8.49. The van der Waals surface area contributed by atoms with Gasteiger partial charge in [-0.15, -0.1) is 0 Å². The first-order valence-electron chi connectivity index (χ1n) is 5.34. The standard InChI is InChI=1S/C14H10BrF3/c1-8-6-9(2-5-12(8)17)14(15)11-4-3-10(16)7-13(11)18/h2-7,14H,1H3. The van der Waals surface area contributed by atoms with E-state index in [0.717, 1.165) is 11.6 Å². The van der Waals surface area contributed by atoms with Crippen LogP contribution in [0, 0.1) is 24.4 Å². The molecule has 0 fully saturated rings. The van der Waals surface area contributed by atoms with E-state index >= 15 is 0 Å². The van der Waals surface area contributed by atoms with Crippen molar-refractivity contribution in [1.29, 1.82) is 0 Å². The second-order valence-electron chi connectivity index (χ2n) is 4.04. The highest BCUT2D eigenvalue weighted by atomic mass is 79.9. The maximum Gasteiger partial charge on any atom is 0.130 e. The quantitative estimate of drug-likeness (QED) is 0.692. The van der Waals surface area contributed by atoms with Crippen LogP contribution in [0.2, 0.25) is 0 Å². The number of hydrogen-bond donors (Lipinski definition) is 0. The van der Waals surface area contributed by atoms with Gasteiger partial charge in [-0.3, -0.25) is 0 Å². The van der Waals surface area contributed by atoms with E-state index in [0.29, 0.717) is 11.1 Å². The number of benzene rings is 2. The van der Waals surface area contributed by atoms with Crippen molar-refractivity contribution in [2.45, 2.75) is 11.8 Å². The fourth-order valence-electron chi connectivity index (χ4n) is 1.71. The largest absolute Gasteiger partial charge is 0.207 e. The number of alkyl halides is 1. The lowest BCUT2D eigenvalue weighted by molar-refractivity contribution is 0.574. The van der Waals surface area contributed by atoms with Gasteiger partial charge in [-0.05, 0) is 30.2 Å². The molecule has 2 aromatic carbocycles. The van der Waals surface area contributed by atoms with Crippen molar-refractivity contribution < 1.29 is 13.2 Å². The molecule has 0 amide bonds. The molecular formula is C14H10BrF3. The monoisotopic (exact) mass is 314 g/mol. The molecule has 0 heterocycles. The van der Waals surface area contributed by atoms with Crippen molar-refractivity contribution in [3.8, 4) is 0 Å². The fourth-order valence-corrected chi connectivity index (χ4v) is 2.37. The summed E-state index contributed by atoms with van der Waals surface area (Å²) in [5.74, 6) is -1.55. The van der Waals surface area contributed by atoms with E-state index < -0.39 is 16.5 Å². The summed E-state index contributed by atoms with van der Waals surface area (Å²) in [4.78, 5) is -0.433. The molecule has 0 nitrogen and oxygen atoms in total. The zero-order chi connectivity index (χ0) is 13.3. The van der Waals surface area contributed by atoms with Crippen molar-refractivity contribution >= 4 is 15.9 Å². The molecule has 0 saturated heterocycles. The zero-order valence-corrected chi connectivity index (χ0v) is 11.1. The van der Waals surface area contributed by atoms with Gasteiger partial charge in [-0.25, -0.2) is 13.2 Å². The molecule has 0 aliphatic carbocycles. The first kappa shape index (κ1) is 13.1. The van der Waals surface area contributed by atoms with Gasteiger partial charge in [0, 0.05) is 11.6 Å². The first-order valence-corrected chi connectivity index (χ1v) is 6.25. The van der Waals surface area contributed by atoms with E-state index in [1.54, 1.807) is 19.1 Å². The van der Waals surface area contributed by atoms with E-state index in [2.05, 4.69) is 15.9 Å². The van der Waals surface area contributed by atoms with Crippen molar-refractivity contribution in [2.75, 3.05) is 0 Å². The third-order valence-corrected chi connectivity index (χ3v) is 3.73. The Morgan fingerprint density at radius 3 is 2.28 bits per heavy atom. The highest BCUT2D eigenvalue weighted by Crippen LogP contribution is 2.33. The van der Waals surface area contributed by atoms with Crippen LogP contribution < -0.4 is 0 Å². The lowest BCUT2D eigenvalue weighted by Crippen LogP contribution is -1.98. The number of rotatable bonds is 2. The van der Waals surface area contributed by atoms with Crippen LogP contribution >= 0.6 is 15.9 Å². The minimum absolute atomic E-state index is 0.307. The summed E-state index contributed by atoms with van der Waals surface area (Å²) in [7, 11) is 0. The van der Waals surface area contributed by atoms with Crippen LogP contribution in [-0.2, 0) is 0 Å². The molecule has 0 aromatic heterocycles. The van der Waals surface area contributed by atoms with E-state index in [1.165, 1.54) is 18.2 Å². The summed E-state index contributed by atoms with van der Waals surface area (Å²) in [6.07, 6.45) is 0. The molecule has 0 aliphatic rings. The van der Waals surface area contributed by atoms with E-state index in [1.807, 2.05) is 0 Å². The van der Waals surface area contributed by atoms with E-state index in [9.17, 15) is 13.2 Å². The van der Waals surface area contributed by atoms with E-state index in [-0.39, 0.29) is 5.82 Å². The van der Waals surface area contributed by atoms with Crippen LogP contribution in [0.5, 0.6) is 0 Å². The van der Waals surface area contributed by atoms with Crippen LogP contribution in [0.3, 0.4) is 0 Å². The van der Waals surface area contributed by atoms with Gasteiger partial charge in [0.2, 0.25) is 0 Å². The van der Waals surface area contributed by atoms with E-state index in [4.69, 9.17) is 0 Å². The lowest BCUT2D eigenvalue weighted by Gasteiger charge is -2.12. The van der Waals surface area contributed by atoms with Crippen molar-refractivity contribution in [3.05, 3.63) is 70.5 Å². The van der Waals surface area contributed by atoms with Crippen molar-refractivity contribution in [3.63, 3.8) is 0 Å². The summed E-state index contributed by atoms with van der Waals surface area (Å²) in [6, 6.07) is 7.95. The van der Waals surface area contributed by atoms with Crippen molar-refractivity contribution in [1.82, 2.24) is 0 Å². The van der Waals surface area contributed by atoms with Gasteiger partial charge in [0.05, 0.1) is 4.83 Å². The molecule has 1 unspecified atom stereocenters. The molecular weight excluding hydrogens is 305 g/mol. The van der Waals surface area contributed by atoms with Crippen LogP contribution in [0.1, 0.15) is 21.5 Å². The topological polar surface area (TPSA) is 0 Å². The summed E-state index contributed by atoms with van der Waals surface area (Å²) >= 11 is 3.34. The van der Waals surface area contributed by atoms with Gasteiger partial charge < -0.3 is 0 Å². The molecule has 1 atom stereocenters. The molecule has 0 N–H and O–H groups in total. The molecule has 2 aromatic rings. The third kappa shape index (κ3) is 2.58. The SMILES string of the molecule is Cc1cc(C(Br)c2ccc(F)cc2F)ccc1F. The Kier molecular flexibility index (Phi) is 3.76. The van der Waals surface area contributed by atoms with Gasteiger partial charge >= 0.3 is 0 Å². The minimum Gasteiger partial charge on any atom is -0.207 e. The Bertz CT molecular complexity index is 581. The molecule has 0 bridgehead atoms. The molecule has 0 spiro atoms. The Morgan fingerprint density at radius 2 is 1.67 bits per heavy atom. The van der Waals surface area contributed by atoms with Gasteiger partial charge in [-0.1, -0.05) is 34.1 Å². The molecule has 94 valence electrons. The zero-order valence-electron chi connectivity index (χ0n) is 9.55. The Labute approximate surface area is 112 Å². The predicted octanol–water partition coefficient (Wildman–Crippen LogP) is 4.90. The highest BCUT2D eigenvalue weighted by Gasteiger charge is 2.16. The number of aryl methyl sites for hydroxylation is 1. The summed E-state index contributed by atoms with van der Waals surface area (Å²) < 4.78 is 39.6. The second-order valence-corrected chi connectivity index (χ2v) is 4.95. The summed E-state index contributed by atoms with van der Waals surface area (Å²) in [5, 5.41) is 0. The molecule has 0 radical (unpaired) electrons. The number of halogens is 4. The predicted molar refractivity (Wildman–Crippen MR) is 68.3 cm³/mol. The molecule has 0 aliphatic heterocycles. The smallest absolute Gasteiger partial charge is 0.130 e. The Hall–Kier alpha value is -1.29. The van der Waals surface area contributed by atoms with Crippen LogP contribution in [0.15, 0.2) is 36.4 Å². The van der Waals surface area contributed by atoms with Crippen LogP contribution in [-0.4, -0.2) is 0 Å². The third-order valence-electron chi connectivity index (χ3n) is 2.71. The lowest BCUT2D eigenvalue weighted by atomic mass is 10.0. The van der Waals surface area contributed by atoms with Gasteiger partial charge in [0.25, 0.3) is 0 Å². The van der Waals surface area contributed by atoms with Gasteiger partial charge in [0.15, 0.2) is 0 Å². The molecule has 18 heavy (non-hydrogen) atoms.